The number of piperazine rings is 1. The number of nitrogens with zero attached hydrogens (tertiary/aromatic N) is 3. The second-order valence-corrected chi connectivity index (χ2v) is 20.9. The lowest BCUT2D eigenvalue weighted by Gasteiger charge is -2.84. The summed E-state index contributed by atoms with van der Waals surface area (Å²) in [4.78, 5) is 32.9. The molecule has 10 fully saturated rings. The van der Waals surface area contributed by atoms with Crippen LogP contribution in [0.1, 0.15) is 107 Å². The molecule has 0 aromatic rings. The standard InChI is InChI=1S/C43H69N3O7/c1-25(2)34(53-38(49)45-16-9-17-45)29-22-26(3)33-35(51-29)36(47)41(8)30-12-13-43-27(4)42(30,15-14-40(33,41)7)31(43)10-11-32(39(43,5)6)52-37(48)46-20-18-44(19-21-46)28-23-50-24-28/h25-36,47H,9-24H2,1-8H3. The molecule has 2 bridgehead atoms. The topological polar surface area (TPSA) is 101 Å². The number of rotatable bonds is 5. The Bertz CT molecular complexity index is 1460. The molecule has 14 atom stereocenters. The molecule has 10 aliphatic rings. The Morgan fingerprint density at radius 1 is 0.849 bits per heavy atom. The van der Waals surface area contributed by atoms with E-state index in [2.05, 4.69) is 60.3 Å². The van der Waals surface area contributed by atoms with Crippen molar-refractivity contribution in [2.75, 3.05) is 52.5 Å². The van der Waals surface area contributed by atoms with E-state index in [-0.39, 0.29) is 75.5 Å². The molecule has 6 saturated carbocycles. The van der Waals surface area contributed by atoms with E-state index >= 15 is 0 Å². The number of ether oxygens (including phenoxy) is 4. The maximum absolute atomic E-state index is 13.7. The van der Waals surface area contributed by atoms with Gasteiger partial charge in [-0.3, -0.25) is 4.90 Å². The molecule has 53 heavy (non-hydrogen) atoms. The molecule has 298 valence electrons. The number of aliphatic hydroxyl groups is 1. The van der Waals surface area contributed by atoms with Crippen LogP contribution in [0.2, 0.25) is 0 Å². The van der Waals surface area contributed by atoms with Gasteiger partial charge in [0.1, 0.15) is 12.2 Å². The maximum Gasteiger partial charge on any atom is 0.410 e. The smallest absolute Gasteiger partial charge is 0.410 e. The van der Waals surface area contributed by atoms with Crippen molar-refractivity contribution in [2.24, 2.45) is 62.6 Å². The van der Waals surface area contributed by atoms with Crippen molar-refractivity contribution in [3.8, 4) is 0 Å². The summed E-state index contributed by atoms with van der Waals surface area (Å²) in [5, 5.41) is 12.8. The minimum absolute atomic E-state index is 0.0355. The summed E-state index contributed by atoms with van der Waals surface area (Å²) in [5.41, 5.74) is -0.111. The van der Waals surface area contributed by atoms with Gasteiger partial charge in [0, 0.05) is 50.1 Å². The number of amides is 2. The minimum atomic E-state index is -0.563. The third-order valence-electron chi connectivity index (χ3n) is 19.0. The maximum atomic E-state index is 13.7. The van der Waals surface area contributed by atoms with E-state index in [4.69, 9.17) is 18.9 Å². The van der Waals surface area contributed by atoms with E-state index in [0.717, 1.165) is 97.4 Å². The van der Waals surface area contributed by atoms with Gasteiger partial charge in [0.2, 0.25) is 0 Å². The molecule has 10 rings (SSSR count). The highest BCUT2D eigenvalue weighted by molar-refractivity contribution is 5.69. The number of hydrogen-bond donors (Lipinski definition) is 1. The first-order valence-corrected chi connectivity index (χ1v) is 21.7. The summed E-state index contributed by atoms with van der Waals surface area (Å²) in [5.74, 6) is 2.25. The fourth-order valence-electron chi connectivity index (χ4n) is 16.0. The summed E-state index contributed by atoms with van der Waals surface area (Å²) >= 11 is 0. The van der Waals surface area contributed by atoms with Crippen LogP contribution in [0.15, 0.2) is 0 Å². The van der Waals surface area contributed by atoms with Gasteiger partial charge in [-0.2, -0.15) is 0 Å². The average Bonchev–Trinajstić information content (AvgIpc) is 3.25. The highest BCUT2D eigenvalue weighted by atomic mass is 16.6. The molecule has 4 aliphatic heterocycles. The van der Waals surface area contributed by atoms with E-state index in [1.807, 2.05) is 4.90 Å². The van der Waals surface area contributed by atoms with Crippen molar-refractivity contribution >= 4 is 12.2 Å². The number of carbonyl (C=O) groups excluding carboxylic acids is 2. The van der Waals surface area contributed by atoms with Gasteiger partial charge in [0.15, 0.2) is 0 Å². The van der Waals surface area contributed by atoms with Crippen LogP contribution >= 0.6 is 0 Å². The van der Waals surface area contributed by atoms with Crippen molar-refractivity contribution in [2.45, 2.75) is 143 Å². The molecular formula is C43H69N3O7. The lowest BCUT2D eigenvalue weighted by Crippen LogP contribution is -2.80. The first-order chi connectivity index (χ1) is 25.1. The van der Waals surface area contributed by atoms with Crippen molar-refractivity contribution in [1.82, 2.24) is 14.7 Å². The second kappa shape index (κ2) is 12.4. The minimum Gasteiger partial charge on any atom is -0.446 e. The highest BCUT2D eigenvalue weighted by Crippen LogP contribution is 2.88. The molecule has 0 radical (unpaired) electrons. The zero-order chi connectivity index (χ0) is 37.5. The molecule has 0 aromatic carbocycles. The molecule has 4 heterocycles. The van der Waals surface area contributed by atoms with Crippen LogP contribution in [0, 0.1) is 62.6 Å². The summed E-state index contributed by atoms with van der Waals surface area (Å²) in [6.45, 7) is 25.4. The molecule has 1 N–H and O–H groups in total. The Balaban J connectivity index is 0.930. The van der Waals surface area contributed by atoms with Gasteiger partial charge in [-0.1, -0.05) is 55.4 Å². The van der Waals surface area contributed by atoms with Gasteiger partial charge in [-0.25, -0.2) is 9.59 Å². The average molecular weight is 740 g/mol. The Kier molecular flexibility index (Phi) is 8.68. The fourth-order valence-corrected chi connectivity index (χ4v) is 16.0. The predicted molar refractivity (Wildman–Crippen MR) is 200 cm³/mol. The molecule has 6 aliphatic carbocycles. The van der Waals surface area contributed by atoms with Crippen LogP contribution in [0.4, 0.5) is 9.59 Å². The molecule has 14 unspecified atom stereocenters. The summed E-state index contributed by atoms with van der Waals surface area (Å²) in [6.07, 6.45) is 6.69. The molecule has 10 heteroatoms. The Labute approximate surface area is 318 Å². The van der Waals surface area contributed by atoms with Gasteiger partial charge in [-0.15, -0.1) is 0 Å². The first-order valence-electron chi connectivity index (χ1n) is 21.7. The molecule has 0 aromatic heterocycles. The van der Waals surface area contributed by atoms with E-state index < -0.39 is 6.10 Å². The van der Waals surface area contributed by atoms with Gasteiger partial charge in [-0.05, 0) is 103 Å². The molecule has 2 amide bonds. The lowest BCUT2D eigenvalue weighted by molar-refractivity contribution is -0.379. The van der Waals surface area contributed by atoms with Crippen LogP contribution in [0.3, 0.4) is 0 Å². The first kappa shape index (κ1) is 37.0. The fraction of sp³-hybridized carbons (Fsp3) is 0.953. The van der Waals surface area contributed by atoms with Crippen molar-refractivity contribution in [3.63, 3.8) is 0 Å². The quantitative estimate of drug-likeness (QED) is 0.345. The third-order valence-corrected chi connectivity index (χ3v) is 19.0. The Morgan fingerprint density at radius 3 is 2.17 bits per heavy atom. The van der Waals surface area contributed by atoms with Gasteiger partial charge < -0.3 is 33.9 Å². The predicted octanol–water partition coefficient (Wildman–Crippen LogP) is 6.43. The SMILES string of the molecule is CC(C)C(OC(=O)N1CCC1)C1CC(C)C2C(O1)C(O)C1(C)C3CCC45C(C)C3(CCC21C)C4CCC(OC(=O)N1CCN(C2COC2)CC1)C5(C)C. The Hall–Kier alpha value is -1.62. The highest BCUT2D eigenvalue weighted by Gasteiger charge is 2.85. The van der Waals surface area contributed by atoms with E-state index in [1.54, 1.807) is 4.90 Å². The van der Waals surface area contributed by atoms with Crippen LogP contribution < -0.4 is 0 Å². The monoisotopic (exact) mass is 740 g/mol. The van der Waals surface area contributed by atoms with Crippen molar-refractivity contribution in [1.29, 1.82) is 0 Å². The van der Waals surface area contributed by atoms with Gasteiger partial charge in [0.05, 0.1) is 37.6 Å². The molecule has 4 saturated heterocycles. The number of fused-ring (bicyclic) bond motifs is 4. The van der Waals surface area contributed by atoms with Crippen LogP contribution in [0.25, 0.3) is 0 Å². The van der Waals surface area contributed by atoms with Crippen LogP contribution in [-0.2, 0) is 18.9 Å². The number of likely N-dealkylation sites (tertiary alicyclic amines) is 1. The van der Waals surface area contributed by atoms with E-state index in [1.165, 1.54) is 6.42 Å². The van der Waals surface area contributed by atoms with Crippen molar-refractivity contribution < 1.29 is 33.6 Å². The third kappa shape index (κ3) is 4.70. The van der Waals surface area contributed by atoms with Gasteiger partial charge >= 0.3 is 12.2 Å². The van der Waals surface area contributed by atoms with E-state index in [9.17, 15) is 14.7 Å². The van der Waals surface area contributed by atoms with Crippen LogP contribution in [-0.4, -0.2) is 121 Å². The van der Waals surface area contributed by atoms with Crippen LogP contribution in [0.5, 0.6) is 0 Å². The zero-order valence-electron chi connectivity index (χ0n) is 34.0. The van der Waals surface area contributed by atoms with E-state index in [0.29, 0.717) is 29.7 Å². The summed E-state index contributed by atoms with van der Waals surface area (Å²) in [7, 11) is 0. The second-order valence-electron chi connectivity index (χ2n) is 20.9. The largest absolute Gasteiger partial charge is 0.446 e. The summed E-state index contributed by atoms with van der Waals surface area (Å²) in [6, 6.07) is 0.509. The number of hydrogen-bond acceptors (Lipinski definition) is 8. The normalized spacial score (nSPS) is 49.3. The summed E-state index contributed by atoms with van der Waals surface area (Å²) < 4.78 is 25.2. The molecular weight excluding hydrogens is 670 g/mol. The molecule has 10 nitrogen and oxygen atoms in total. The molecule has 2 spiro atoms. The number of carbonyl (C=O) groups is 2. The number of aliphatic hydroxyl groups excluding tert-OH is 1. The lowest BCUT2D eigenvalue weighted by atomic mass is 9.20. The van der Waals surface area contributed by atoms with Gasteiger partial charge in [0.25, 0.3) is 0 Å². The Morgan fingerprint density at radius 2 is 1.55 bits per heavy atom. The zero-order valence-corrected chi connectivity index (χ0v) is 34.0. The van der Waals surface area contributed by atoms with Crippen molar-refractivity contribution in [3.05, 3.63) is 0 Å².